The zero-order valence-corrected chi connectivity index (χ0v) is 13.2. The summed E-state index contributed by atoms with van der Waals surface area (Å²) in [7, 11) is 0. The first kappa shape index (κ1) is 16.2. The van der Waals surface area contributed by atoms with Crippen molar-refractivity contribution in [1.82, 2.24) is 15.0 Å². The number of carbonyl (C=O) groups excluding carboxylic acids is 1. The second-order valence-electron chi connectivity index (χ2n) is 5.46. The minimum Gasteiger partial charge on any atom is -0.395 e. The molecule has 6 nitrogen and oxygen atoms in total. The van der Waals surface area contributed by atoms with Crippen molar-refractivity contribution in [3.63, 3.8) is 0 Å². The van der Waals surface area contributed by atoms with Crippen LogP contribution in [0.3, 0.4) is 0 Å². The zero-order chi connectivity index (χ0) is 16.3. The van der Waals surface area contributed by atoms with Gasteiger partial charge in [0.05, 0.1) is 23.3 Å². The Balaban J connectivity index is 2.58. The van der Waals surface area contributed by atoms with Gasteiger partial charge in [-0.25, -0.2) is 4.98 Å². The van der Waals surface area contributed by atoms with Crippen LogP contribution in [0.1, 0.15) is 41.5 Å². The third kappa shape index (κ3) is 3.01. The maximum Gasteiger partial charge on any atom is 0.259 e. The number of nitrogens with zero attached hydrogens (tertiary/aromatic N) is 3. The van der Waals surface area contributed by atoms with Gasteiger partial charge in [0, 0.05) is 18.8 Å². The second kappa shape index (κ2) is 6.70. The highest BCUT2D eigenvalue weighted by Crippen LogP contribution is 2.26. The topological polar surface area (TPSA) is 79.5 Å². The molecule has 0 aromatic carbocycles. The molecule has 0 saturated carbocycles. The second-order valence-corrected chi connectivity index (χ2v) is 5.46. The monoisotopic (exact) mass is 303 g/mol. The van der Waals surface area contributed by atoms with E-state index in [0.717, 1.165) is 5.69 Å². The number of hydrogen-bond donors (Lipinski definition) is 1. The number of hydrogen-bond acceptors (Lipinski definition) is 5. The molecule has 0 atom stereocenters. The number of aliphatic hydroxyl groups excluding tert-OH is 1. The standard InChI is InChI=1S/C16H21N3O3/c1-5-6-19(7-8-20)16(21)12-9-13(10(2)3)17-15-14(12)11(4)18-22-15/h5,9-10,20H,1,6-8H2,2-4H3. The highest BCUT2D eigenvalue weighted by Gasteiger charge is 2.23. The highest BCUT2D eigenvalue weighted by atomic mass is 16.5. The molecule has 0 saturated heterocycles. The van der Waals surface area contributed by atoms with Crippen LogP contribution >= 0.6 is 0 Å². The van der Waals surface area contributed by atoms with E-state index in [1.807, 2.05) is 13.8 Å². The highest BCUT2D eigenvalue weighted by molar-refractivity contribution is 6.06. The number of aromatic nitrogens is 2. The van der Waals surface area contributed by atoms with E-state index in [4.69, 9.17) is 9.63 Å². The predicted molar refractivity (Wildman–Crippen MR) is 83.8 cm³/mol. The van der Waals surface area contributed by atoms with Gasteiger partial charge in [0.2, 0.25) is 0 Å². The molecule has 2 heterocycles. The molecule has 2 aromatic heterocycles. The van der Waals surface area contributed by atoms with Gasteiger partial charge in [-0.3, -0.25) is 4.79 Å². The van der Waals surface area contributed by atoms with E-state index in [1.54, 1.807) is 19.1 Å². The molecule has 0 spiro atoms. The molecule has 118 valence electrons. The molecule has 0 aliphatic carbocycles. The molecule has 0 fully saturated rings. The summed E-state index contributed by atoms with van der Waals surface area (Å²) in [5.41, 5.74) is 2.27. The van der Waals surface area contributed by atoms with Gasteiger partial charge in [-0.15, -0.1) is 6.58 Å². The molecular weight excluding hydrogens is 282 g/mol. The van der Waals surface area contributed by atoms with Crippen LogP contribution in [0.2, 0.25) is 0 Å². The van der Waals surface area contributed by atoms with Crippen LogP contribution < -0.4 is 0 Å². The number of carbonyl (C=O) groups is 1. The predicted octanol–water partition coefficient (Wildman–Crippen LogP) is 2.28. The summed E-state index contributed by atoms with van der Waals surface area (Å²) in [6, 6.07) is 1.78. The van der Waals surface area contributed by atoms with Gasteiger partial charge in [-0.1, -0.05) is 25.1 Å². The van der Waals surface area contributed by atoms with Gasteiger partial charge in [-0.05, 0) is 18.9 Å². The Kier molecular flexibility index (Phi) is 4.92. The summed E-state index contributed by atoms with van der Waals surface area (Å²) < 4.78 is 5.23. The van der Waals surface area contributed by atoms with E-state index >= 15 is 0 Å². The lowest BCUT2D eigenvalue weighted by molar-refractivity contribution is 0.0744. The van der Waals surface area contributed by atoms with Crippen LogP contribution in [0.25, 0.3) is 11.1 Å². The van der Waals surface area contributed by atoms with E-state index in [-0.39, 0.29) is 25.0 Å². The van der Waals surface area contributed by atoms with Gasteiger partial charge < -0.3 is 14.5 Å². The summed E-state index contributed by atoms with van der Waals surface area (Å²) in [6.45, 7) is 9.95. The summed E-state index contributed by atoms with van der Waals surface area (Å²) >= 11 is 0. The molecule has 0 aliphatic rings. The lowest BCUT2D eigenvalue weighted by atomic mass is 10.0. The Morgan fingerprint density at radius 3 is 2.86 bits per heavy atom. The normalized spacial score (nSPS) is 11.1. The van der Waals surface area contributed by atoms with Crippen LogP contribution in [0.5, 0.6) is 0 Å². The van der Waals surface area contributed by atoms with Crippen LogP contribution in [0.15, 0.2) is 23.2 Å². The van der Waals surface area contributed by atoms with Crippen molar-refractivity contribution in [2.45, 2.75) is 26.7 Å². The van der Waals surface area contributed by atoms with Gasteiger partial charge >= 0.3 is 0 Å². The number of fused-ring (bicyclic) bond motifs is 1. The lowest BCUT2D eigenvalue weighted by Gasteiger charge is -2.21. The van der Waals surface area contributed by atoms with E-state index in [2.05, 4.69) is 16.7 Å². The van der Waals surface area contributed by atoms with Crippen LogP contribution in [0, 0.1) is 6.92 Å². The molecule has 2 rings (SSSR count). The van der Waals surface area contributed by atoms with Crippen LogP contribution in [-0.4, -0.2) is 45.8 Å². The van der Waals surface area contributed by atoms with E-state index in [0.29, 0.717) is 28.9 Å². The van der Waals surface area contributed by atoms with Gasteiger partial charge in [0.25, 0.3) is 11.6 Å². The molecule has 0 radical (unpaired) electrons. The Morgan fingerprint density at radius 2 is 2.27 bits per heavy atom. The number of rotatable bonds is 6. The summed E-state index contributed by atoms with van der Waals surface area (Å²) in [5.74, 6) is -0.0263. The maximum atomic E-state index is 12.8. The average molecular weight is 303 g/mol. The van der Waals surface area contributed by atoms with Gasteiger partial charge in [0.15, 0.2) is 0 Å². The van der Waals surface area contributed by atoms with E-state index in [9.17, 15) is 4.79 Å². The number of aryl methyl sites for hydroxylation is 1. The van der Waals surface area contributed by atoms with Gasteiger partial charge in [-0.2, -0.15) is 0 Å². The van der Waals surface area contributed by atoms with Crippen molar-refractivity contribution < 1.29 is 14.4 Å². The van der Waals surface area contributed by atoms with Crippen LogP contribution in [-0.2, 0) is 0 Å². The smallest absolute Gasteiger partial charge is 0.259 e. The Hall–Kier alpha value is -2.21. The Morgan fingerprint density at radius 1 is 1.55 bits per heavy atom. The molecule has 2 aromatic rings. The van der Waals surface area contributed by atoms with Crippen molar-refractivity contribution in [3.8, 4) is 0 Å². The molecule has 6 heteroatoms. The maximum absolute atomic E-state index is 12.8. The molecule has 0 unspecified atom stereocenters. The molecule has 1 N–H and O–H groups in total. The third-order valence-electron chi connectivity index (χ3n) is 3.47. The summed E-state index contributed by atoms with van der Waals surface area (Å²) in [5, 5.41) is 13.7. The van der Waals surface area contributed by atoms with E-state index in [1.165, 1.54) is 4.90 Å². The zero-order valence-electron chi connectivity index (χ0n) is 13.2. The third-order valence-corrected chi connectivity index (χ3v) is 3.47. The van der Waals surface area contributed by atoms with Gasteiger partial charge in [0.1, 0.15) is 0 Å². The van der Waals surface area contributed by atoms with Crippen molar-refractivity contribution in [3.05, 3.63) is 35.7 Å². The summed E-state index contributed by atoms with van der Waals surface area (Å²) in [4.78, 5) is 18.8. The fourth-order valence-electron chi connectivity index (χ4n) is 2.30. The number of amides is 1. The summed E-state index contributed by atoms with van der Waals surface area (Å²) in [6.07, 6.45) is 1.63. The largest absolute Gasteiger partial charge is 0.395 e. The van der Waals surface area contributed by atoms with Crippen molar-refractivity contribution in [2.24, 2.45) is 0 Å². The first-order valence-electron chi connectivity index (χ1n) is 7.27. The first-order valence-corrected chi connectivity index (χ1v) is 7.27. The van der Waals surface area contributed by atoms with Crippen molar-refractivity contribution in [1.29, 1.82) is 0 Å². The molecule has 0 bridgehead atoms. The fourth-order valence-corrected chi connectivity index (χ4v) is 2.30. The Labute approximate surface area is 129 Å². The molecular formula is C16H21N3O3. The minimum atomic E-state index is -0.186. The fraction of sp³-hybridized carbons (Fsp3) is 0.438. The lowest BCUT2D eigenvalue weighted by Crippen LogP contribution is -2.34. The molecule has 1 amide bonds. The Bertz CT molecular complexity index is 691. The molecule has 0 aliphatic heterocycles. The van der Waals surface area contributed by atoms with Crippen molar-refractivity contribution in [2.75, 3.05) is 19.7 Å². The van der Waals surface area contributed by atoms with Crippen molar-refractivity contribution >= 4 is 17.0 Å². The molecule has 22 heavy (non-hydrogen) atoms. The number of pyridine rings is 1. The first-order chi connectivity index (χ1) is 10.5. The number of aliphatic hydroxyl groups is 1. The quantitative estimate of drug-likeness (QED) is 0.828. The SMILES string of the molecule is C=CCN(CCO)C(=O)c1cc(C(C)C)nc2onc(C)c12. The van der Waals surface area contributed by atoms with E-state index < -0.39 is 0 Å². The average Bonchev–Trinajstić information content (AvgIpc) is 2.87. The van der Waals surface area contributed by atoms with Crippen LogP contribution in [0.4, 0.5) is 0 Å². The minimum absolute atomic E-state index is 0.104.